The smallest absolute Gasteiger partial charge is 0.328 e. The molecule has 0 unspecified atom stereocenters. The van der Waals surface area contributed by atoms with Gasteiger partial charge in [-0.15, -0.1) is 0 Å². The largest absolute Gasteiger partial charge is 0.493 e. The lowest BCUT2D eigenvalue weighted by molar-refractivity contribution is -0.156. The van der Waals surface area contributed by atoms with E-state index in [1.807, 2.05) is 37.3 Å². The van der Waals surface area contributed by atoms with Crippen LogP contribution < -0.4 is 19.5 Å². The van der Waals surface area contributed by atoms with Crippen molar-refractivity contribution in [3.63, 3.8) is 0 Å². The van der Waals surface area contributed by atoms with Crippen molar-refractivity contribution in [3.8, 4) is 17.2 Å². The Hall–Kier alpha value is -3.62. The first-order valence-electron chi connectivity index (χ1n) is 12.2. The number of hydrogen-bond donors (Lipinski definition) is 1. The third-order valence-corrected chi connectivity index (χ3v) is 6.14. The maximum atomic E-state index is 12.9. The van der Waals surface area contributed by atoms with E-state index in [-0.39, 0.29) is 29.2 Å². The predicted octanol–water partition coefficient (Wildman–Crippen LogP) is 4.09. The van der Waals surface area contributed by atoms with Crippen LogP contribution >= 0.6 is 0 Å². The molecule has 1 aliphatic carbocycles. The predicted molar refractivity (Wildman–Crippen MR) is 132 cm³/mol. The number of pyridine rings is 1. The lowest BCUT2D eigenvalue weighted by Crippen LogP contribution is -2.45. The molecular formula is C27H34N2O7. The van der Waals surface area contributed by atoms with Gasteiger partial charge in [0, 0.05) is 19.2 Å². The quantitative estimate of drug-likeness (QED) is 0.487. The van der Waals surface area contributed by atoms with Crippen LogP contribution in [0.4, 0.5) is 0 Å². The molecule has 0 saturated heterocycles. The Morgan fingerprint density at radius 2 is 1.72 bits per heavy atom. The van der Waals surface area contributed by atoms with Gasteiger partial charge in [0.2, 0.25) is 5.75 Å². The number of aromatic nitrogens is 1. The Morgan fingerprint density at radius 3 is 2.36 bits per heavy atom. The summed E-state index contributed by atoms with van der Waals surface area (Å²) in [7, 11) is 1.38. The molecule has 9 heteroatoms. The first-order valence-corrected chi connectivity index (χ1v) is 12.2. The van der Waals surface area contributed by atoms with Crippen LogP contribution in [0.2, 0.25) is 0 Å². The average Bonchev–Trinajstić information content (AvgIpc) is 2.88. The van der Waals surface area contributed by atoms with Crippen LogP contribution in [0.1, 0.15) is 63.4 Å². The van der Waals surface area contributed by atoms with Gasteiger partial charge in [0.25, 0.3) is 5.91 Å². The molecule has 1 heterocycles. The maximum Gasteiger partial charge on any atom is 0.328 e. The fraction of sp³-hybridized carbons (Fsp3) is 0.481. The van der Waals surface area contributed by atoms with Crippen LogP contribution in [-0.2, 0) is 14.3 Å². The lowest BCUT2D eigenvalue weighted by atomic mass is 9.83. The molecule has 1 saturated carbocycles. The summed E-state index contributed by atoms with van der Waals surface area (Å²) >= 11 is 0. The molecule has 9 nitrogen and oxygen atoms in total. The summed E-state index contributed by atoms with van der Waals surface area (Å²) < 4.78 is 22.4. The van der Waals surface area contributed by atoms with Crippen molar-refractivity contribution in [1.82, 2.24) is 10.3 Å². The highest BCUT2D eigenvalue weighted by molar-refractivity contribution is 5.98. The number of amides is 1. The van der Waals surface area contributed by atoms with Crippen LogP contribution in [-0.4, -0.2) is 48.2 Å². The van der Waals surface area contributed by atoms with Gasteiger partial charge in [0.1, 0.15) is 24.0 Å². The third kappa shape index (κ3) is 7.19. The molecule has 0 bridgehead atoms. The number of hydrogen-bond acceptors (Lipinski definition) is 8. The highest BCUT2D eigenvalue weighted by Gasteiger charge is 2.34. The number of benzene rings is 1. The van der Waals surface area contributed by atoms with E-state index in [4.69, 9.17) is 18.9 Å². The number of ether oxygens (including phenoxy) is 4. The second kappa shape index (κ2) is 12.9. The summed E-state index contributed by atoms with van der Waals surface area (Å²) in [5, 5.41) is 2.57. The van der Waals surface area contributed by atoms with E-state index in [0.29, 0.717) is 0 Å². The van der Waals surface area contributed by atoms with Crippen LogP contribution in [0.5, 0.6) is 17.2 Å². The van der Waals surface area contributed by atoms with Crippen molar-refractivity contribution in [3.05, 3.63) is 48.3 Å². The standard InChI is InChI=1S/C27H34N2O7/c1-17(29-26(31)23-25(35-19(3)30)22(33-4)15-16-28-23)27(32)34-18(2)24(20-11-7-5-8-12-20)36-21-13-9-6-10-14-21/h6,9-10,13-18,20,24H,5,7-8,11-12H2,1-4H3,(H,29,31)/t17-,18-,24-/m0/s1. The zero-order valence-corrected chi connectivity index (χ0v) is 21.2. The van der Waals surface area contributed by atoms with Crippen LogP contribution in [0.15, 0.2) is 42.6 Å². The van der Waals surface area contributed by atoms with Gasteiger partial charge in [-0.3, -0.25) is 9.59 Å². The van der Waals surface area contributed by atoms with Gasteiger partial charge in [-0.2, -0.15) is 0 Å². The molecule has 3 atom stereocenters. The van der Waals surface area contributed by atoms with Crippen molar-refractivity contribution >= 4 is 17.8 Å². The summed E-state index contributed by atoms with van der Waals surface area (Å²) in [5.41, 5.74) is -0.176. The van der Waals surface area contributed by atoms with E-state index in [1.165, 1.54) is 39.6 Å². The molecule has 2 aromatic rings. The SMILES string of the molecule is COc1ccnc(C(=O)N[C@@H](C)C(=O)O[C@@H](C)[C@H](Oc2ccccc2)C2CCCCC2)c1OC(C)=O. The number of para-hydroxylation sites is 1. The maximum absolute atomic E-state index is 12.9. The van der Waals surface area contributed by atoms with Crippen LogP contribution in [0.3, 0.4) is 0 Å². The van der Waals surface area contributed by atoms with Gasteiger partial charge >= 0.3 is 11.9 Å². The van der Waals surface area contributed by atoms with Crippen LogP contribution in [0, 0.1) is 5.92 Å². The number of methoxy groups -OCH3 is 1. The summed E-state index contributed by atoms with van der Waals surface area (Å²) in [6.45, 7) is 4.54. The van der Waals surface area contributed by atoms with Crippen molar-refractivity contribution in [1.29, 1.82) is 0 Å². The van der Waals surface area contributed by atoms with Crippen molar-refractivity contribution < 1.29 is 33.3 Å². The molecule has 0 aliphatic heterocycles. The van der Waals surface area contributed by atoms with Crippen molar-refractivity contribution in [2.24, 2.45) is 5.92 Å². The average molecular weight is 499 g/mol. The molecule has 0 radical (unpaired) electrons. The number of nitrogens with one attached hydrogen (secondary N) is 1. The summed E-state index contributed by atoms with van der Waals surface area (Å²) in [6.07, 6.45) is 5.94. The number of carbonyl (C=O) groups is 3. The van der Waals surface area contributed by atoms with Gasteiger partial charge in [-0.25, -0.2) is 9.78 Å². The van der Waals surface area contributed by atoms with Gasteiger partial charge in [-0.05, 0) is 44.7 Å². The van der Waals surface area contributed by atoms with Gasteiger partial charge in [0.15, 0.2) is 11.4 Å². The minimum Gasteiger partial charge on any atom is -0.493 e. The monoisotopic (exact) mass is 498 g/mol. The molecule has 1 aromatic heterocycles. The lowest BCUT2D eigenvalue weighted by Gasteiger charge is -2.34. The Balaban J connectivity index is 1.69. The fourth-order valence-corrected chi connectivity index (χ4v) is 4.37. The third-order valence-electron chi connectivity index (χ3n) is 6.14. The van der Waals surface area contributed by atoms with Gasteiger partial charge in [-0.1, -0.05) is 37.5 Å². The normalized spacial score (nSPS) is 16.2. The molecule has 36 heavy (non-hydrogen) atoms. The first kappa shape index (κ1) is 27.0. The molecule has 3 rings (SSSR count). The molecule has 1 aliphatic rings. The first-order chi connectivity index (χ1) is 17.3. The Labute approximate surface area is 211 Å². The van der Waals surface area contributed by atoms with Crippen LogP contribution in [0.25, 0.3) is 0 Å². The minimum absolute atomic E-state index is 0.118. The van der Waals surface area contributed by atoms with Crippen molar-refractivity contribution in [2.75, 3.05) is 7.11 Å². The highest BCUT2D eigenvalue weighted by atomic mass is 16.6. The van der Waals surface area contributed by atoms with Crippen molar-refractivity contribution in [2.45, 2.75) is 71.1 Å². The highest BCUT2D eigenvalue weighted by Crippen LogP contribution is 2.32. The van der Waals surface area contributed by atoms with E-state index in [2.05, 4.69) is 10.3 Å². The molecular weight excluding hydrogens is 464 g/mol. The van der Waals surface area contributed by atoms with E-state index in [0.717, 1.165) is 31.4 Å². The van der Waals surface area contributed by atoms with E-state index < -0.39 is 30.0 Å². The molecule has 1 amide bonds. The van der Waals surface area contributed by atoms with E-state index in [1.54, 1.807) is 0 Å². The van der Waals surface area contributed by atoms with Gasteiger partial charge in [0.05, 0.1) is 7.11 Å². The van der Waals surface area contributed by atoms with Gasteiger partial charge < -0.3 is 24.3 Å². The molecule has 0 spiro atoms. The number of rotatable bonds is 10. The Bertz CT molecular complexity index is 1040. The zero-order chi connectivity index (χ0) is 26.1. The molecule has 1 fully saturated rings. The van der Waals surface area contributed by atoms with E-state index in [9.17, 15) is 14.4 Å². The second-order valence-electron chi connectivity index (χ2n) is 8.92. The summed E-state index contributed by atoms with van der Waals surface area (Å²) in [5.74, 6) is -0.908. The summed E-state index contributed by atoms with van der Waals surface area (Å²) in [6, 6.07) is 9.97. The second-order valence-corrected chi connectivity index (χ2v) is 8.92. The number of esters is 2. The molecule has 1 N–H and O–H groups in total. The molecule has 1 aromatic carbocycles. The zero-order valence-electron chi connectivity index (χ0n) is 21.2. The topological polar surface area (TPSA) is 113 Å². The molecule has 194 valence electrons. The summed E-state index contributed by atoms with van der Waals surface area (Å²) in [4.78, 5) is 41.3. The Kier molecular flexibility index (Phi) is 9.67. The fourth-order valence-electron chi connectivity index (χ4n) is 4.37. The number of nitrogens with zero attached hydrogens (tertiary/aromatic N) is 1. The minimum atomic E-state index is -0.984. The van der Waals surface area contributed by atoms with E-state index >= 15 is 0 Å². The Morgan fingerprint density at radius 1 is 1.03 bits per heavy atom. The number of carbonyl (C=O) groups excluding carboxylic acids is 3.